The SMILES string of the molecule is Cc1ccc(Cl)cc1NC(=O)c1cccc(N2C(=O)[C@@H]3[C@H]4C=C[C@@H]([C@@H]5C[C@@H]45)[C@@H]3C2=O)c1. The van der Waals surface area contributed by atoms with Gasteiger partial charge in [-0.25, -0.2) is 4.90 Å². The number of hydrogen-bond acceptors (Lipinski definition) is 3. The number of halogens is 1. The van der Waals surface area contributed by atoms with Gasteiger partial charge in [-0.1, -0.05) is 35.9 Å². The molecule has 6 heteroatoms. The molecule has 2 aromatic rings. The molecular formula is C25H21ClN2O3. The highest BCUT2D eigenvalue weighted by Gasteiger charge is 2.67. The van der Waals surface area contributed by atoms with E-state index in [1.165, 1.54) is 4.90 Å². The van der Waals surface area contributed by atoms with Crippen molar-refractivity contribution in [2.24, 2.45) is 35.5 Å². The fourth-order valence-electron chi connectivity index (χ4n) is 5.92. The Morgan fingerprint density at radius 2 is 1.68 bits per heavy atom. The molecule has 2 saturated carbocycles. The second-order valence-electron chi connectivity index (χ2n) is 9.13. The molecule has 2 aromatic carbocycles. The molecule has 1 heterocycles. The molecule has 0 radical (unpaired) electrons. The lowest BCUT2D eigenvalue weighted by Crippen LogP contribution is -2.40. The fraction of sp³-hybridized carbons (Fsp3) is 0.320. The Kier molecular flexibility index (Phi) is 3.97. The number of aryl methyl sites for hydroxylation is 1. The van der Waals surface area contributed by atoms with Crippen molar-refractivity contribution in [1.29, 1.82) is 0 Å². The minimum Gasteiger partial charge on any atom is -0.322 e. The maximum atomic E-state index is 13.3. The Morgan fingerprint density at radius 3 is 2.35 bits per heavy atom. The van der Waals surface area contributed by atoms with Crippen LogP contribution in [0, 0.1) is 42.4 Å². The molecular weight excluding hydrogens is 412 g/mol. The highest BCUT2D eigenvalue weighted by Crippen LogP contribution is 2.65. The number of allylic oxidation sites excluding steroid dienone is 2. The summed E-state index contributed by atoms with van der Waals surface area (Å²) < 4.78 is 0. The van der Waals surface area contributed by atoms with Crippen molar-refractivity contribution < 1.29 is 14.4 Å². The molecule has 2 bridgehead atoms. The normalized spacial score (nSPS) is 32.1. The van der Waals surface area contributed by atoms with E-state index in [4.69, 9.17) is 11.6 Å². The van der Waals surface area contributed by atoms with E-state index >= 15 is 0 Å². The van der Waals surface area contributed by atoms with Gasteiger partial charge in [0.1, 0.15) is 0 Å². The topological polar surface area (TPSA) is 66.5 Å². The first-order chi connectivity index (χ1) is 14.9. The lowest BCUT2D eigenvalue weighted by atomic mass is 9.63. The van der Waals surface area contributed by atoms with Crippen molar-refractivity contribution in [3.8, 4) is 0 Å². The lowest BCUT2D eigenvalue weighted by molar-refractivity contribution is -0.124. The van der Waals surface area contributed by atoms with E-state index in [1.807, 2.05) is 13.0 Å². The first-order valence-corrected chi connectivity index (χ1v) is 11.1. The standard InChI is InChI=1S/C25H21ClN2O3/c1-12-5-6-14(26)10-20(12)27-23(29)13-3-2-4-15(9-13)28-24(30)21-16-7-8-17(19-11-18(16)19)22(21)25(28)31/h2-10,16-19,21-22H,11H2,1H3,(H,27,29)/t16-,17-,18-,19-,21-,22+/m0/s1. The van der Waals surface area contributed by atoms with Crippen molar-refractivity contribution in [3.05, 3.63) is 70.8 Å². The average Bonchev–Trinajstić information content (AvgIpc) is 3.54. The Hall–Kier alpha value is -2.92. The van der Waals surface area contributed by atoms with Crippen LogP contribution in [0.1, 0.15) is 22.3 Å². The van der Waals surface area contributed by atoms with Crippen LogP contribution in [0.4, 0.5) is 11.4 Å². The quantitative estimate of drug-likeness (QED) is 0.575. The van der Waals surface area contributed by atoms with Crippen molar-refractivity contribution in [3.63, 3.8) is 0 Å². The number of benzene rings is 2. The summed E-state index contributed by atoms with van der Waals surface area (Å²) in [5, 5.41) is 3.41. The van der Waals surface area contributed by atoms with Crippen LogP contribution in [0.2, 0.25) is 5.02 Å². The summed E-state index contributed by atoms with van der Waals surface area (Å²) >= 11 is 6.05. The van der Waals surface area contributed by atoms with Crippen LogP contribution >= 0.6 is 11.6 Å². The number of amides is 3. The molecule has 0 unspecified atom stereocenters. The van der Waals surface area contributed by atoms with E-state index in [1.54, 1.807) is 36.4 Å². The summed E-state index contributed by atoms with van der Waals surface area (Å²) in [6, 6.07) is 12.0. The van der Waals surface area contributed by atoms with Gasteiger partial charge in [0.15, 0.2) is 0 Å². The van der Waals surface area contributed by atoms with Crippen molar-refractivity contribution in [2.45, 2.75) is 13.3 Å². The van der Waals surface area contributed by atoms with Crippen LogP contribution < -0.4 is 10.2 Å². The van der Waals surface area contributed by atoms with Gasteiger partial charge < -0.3 is 5.32 Å². The van der Waals surface area contributed by atoms with Gasteiger partial charge >= 0.3 is 0 Å². The molecule has 7 rings (SSSR count). The van der Waals surface area contributed by atoms with Crippen LogP contribution in [0.5, 0.6) is 0 Å². The highest BCUT2D eigenvalue weighted by molar-refractivity contribution is 6.31. The second-order valence-corrected chi connectivity index (χ2v) is 9.57. The molecule has 0 spiro atoms. The number of hydrogen-bond donors (Lipinski definition) is 1. The number of rotatable bonds is 3. The van der Waals surface area contributed by atoms with Gasteiger partial charge in [0.05, 0.1) is 17.5 Å². The fourth-order valence-corrected chi connectivity index (χ4v) is 6.09. The summed E-state index contributed by atoms with van der Waals surface area (Å²) in [6.07, 6.45) is 5.45. The summed E-state index contributed by atoms with van der Waals surface area (Å²) in [4.78, 5) is 40.8. The zero-order valence-corrected chi connectivity index (χ0v) is 17.7. The van der Waals surface area contributed by atoms with Crippen LogP contribution in [0.15, 0.2) is 54.6 Å². The number of imide groups is 1. The van der Waals surface area contributed by atoms with Crippen LogP contribution in [-0.4, -0.2) is 17.7 Å². The number of nitrogens with zero attached hydrogens (tertiary/aromatic N) is 1. The molecule has 156 valence electrons. The number of nitrogens with one attached hydrogen (secondary N) is 1. The number of anilines is 2. The minimum atomic E-state index is -0.313. The third-order valence-electron chi connectivity index (χ3n) is 7.48. The Balaban J connectivity index is 1.29. The van der Waals surface area contributed by atoms with E-state index in [9.17, 15) is 14.4 Å². The zero-order chi connectivity index (χ0) is 21.4. The van der Waals surface area contributed by atoms with Gasteiger partial charge in [-0.2, -0.15) is 0 Å². The van der Waals surface area contributed by atoms with Crippen LogP contribution in [0.25, 0.3) is 0 Å². The molecule has 1 aliphatic heterocycles. The van der Waals surface area contributed by atoms with Crippen LogP contribution in [0.3, 0.4) is 0 Å². The molecule has 6 atom stereocenters. The summed E-state index contributed by atoms with van der Waals surface area (Å²) in [5.41, 5.74) is 2.37. The van der Waals surface area contributed by atoms with Gasteiger partial charge in [-0.05, 0) is 72.9 Å². The van der Waals surface area contributed by atoms with E-state index in [2.05, 4.69) is 17.5 Å². The predicted molar refractivity (Wildman–Crippen MR) is 118 cm³/mol. The smallest absolute Gasteiger partial charge is 0.255 e. The molecule has 3 fully saturated rings. The molecule has 1 saturated heterocycles. The average molecular weight is 433 g/mol. The molecule has 3 amide bonds. The van der Waals surface area contributed by atoms with Crippen molar-refractivity contribution >= 4 is 40.7 Å². The summed E-state index contributed by atoms with van der Waals surface area (Å²) in [5.74, 6) is 0.419. The largest absolute Gasteiger partial charge is 0.322 e. The maximum Gasteiger partial charge on any atom is 0.255 e. The number of carbonyl (C=O) groups is 3. The van der Waals surface area contributed by atoms with Gasteiger partial charge in [0.2, 0.25) is 11.8 Å². The molecule has 5 aliphatic rings. The zero-order valence-electron chi connectivity index (χ0n) is 16.9. The van der Waals surface area contributed by atoms with Gasteiger partial charge in [0.25, 0.3) is 5.91 Å². The summed E-state index contributed by atoms with van der Waals surface area (Å²) in [6.45, 7) is 1.89. The van der Waals surface area contributed by atoms with Crippen molar-refractivity contribution in [1.82, 2.24) is 0 Å². The van der Waals surface area contributed by atoms with E-state index < -0.39 is 0 Å². The lowest BCUT2D eigenvalue weighted by Gasteiger charge is -2.37. The van der Waals surface area contributed by atoms with E-state index in [0.717, 1.165) is 12.0 Å². The highest BCUT2D eigenvalue weighted by atomic mass is 35.5. The Bertz CT molecular complexity index is 1150. The van der Waals surface area contributed by atoms with Gasteiger partial charge in [-0.3, -0.25) is 14.4 Å². The minimum absolute atomic E-state index is 0.122. The predicted octanol–water partition coefficient (Wildman–Crippen LogP) is 4.46. The Morgan fingerprint density at radius 1 is 1.00 bits per heavy atom. The Labute approximate surface area is 185 Å². The molecule has 31 heavy (non-hydrogen) atoms. The van der Waals surface area contributed by atoms with Gasteiger partial charge in [-0.15, -0.1) is 0 Å². The first kappa shape index (κ1) is 18.8. The third-order valence-corrected chi connectivity index (χ3v) is 7.71. The van der Waals surface area contributed by atoms with Crippen LogP contribution in [-0.2, 0) is 9.59 Å². The molecule has 1 N–H and O–H groups in total. The second kappa shape index (κ2) is 6.54. The van der Waals surface area contributed by atoms with E-state index in [-0.39, 0.29) is 41.4 Å². The van der Waals surface area contributed by atoms with Gasteiger partial charge in [0, 0.05) is 16.3 Å². The van der Waals surface area contributed by atoms with E-state index in [0.29, 0.717) is 33.8 Å². The molecule has 5 nitrogen and oxygen atoms in total. The molecule has 0 aromatic heterocycles. The molecule has 4 aliphatic carbocycles. The summed E-state index contributed by atoms with van der Waals surface area (Å²) in [7, 11) is 0. The monoisotopic (exact) mass is 432 g/mol. The maximum absolute atomic E-state index is 13.3. The number of carbonyl (C=O) groups excluding carboxylic acids is 3. The van der Waals surface area contributed by atoms with Crippen molar-refractivity contribution in [2.75, 3.05) is 10.2 Å². The first-order valence-electron chi connectivity index (χ1n) is 10.7. The third kappa shape index (κ3) is 2.72.